The number of guanidine groups is 1. The molecule has 0 aliphatic carbocycles. The van der Waals surface area contributed by atoms with E-state index < -0.39 is 33.2 Å². The van der Waals surface area contributed by atoms with Gasteiger partial charge in [-0.2, -0.15) is 10.5 Å². The van der Waals surface area contributed by atoms with Crippen molar-refractivity contribution in [2.24, 2.45) is 4.99 Å². The van der Waals surface area contributed by atoms with E-state index >= 15 is 0 Å². The molecule has 0 saturated carbocycles. The van der Waals surface area contributed by atoms with E-state index in [2.05, 4.69) is 41.3 Å². The van der Waals surface area contributed by atoms with Gasteiger partial charge in [0.2, 0.25) is 11.7 Å². The second kappa shape index (κ2) is 8.08. The van der Waals surface area contributed by atoms with Crippen LogP contribution in [-0.2, 0) is 0 Å². The van der Waals surface area contributed by atoms with E-state index in [1.807, 2.05) is 0 Å². The number of benzene rings is 1. The van der Waals surface area contributed by atoms with E-state index in [0.717, 1.165) is 12.1 Å². The molecule has 16 heteroatoms. The molecular formula is C16H9BrF3N9O3. The highest BCUT2D eigenvalue weighted by molar-refractivity contribution is 9.10. The number of rotatable bonds is 3. The summed E-state index contributed by atoms with van der Waals surface area (Å²) in [7, 11) is 0. The van der Waals surface area contributed by atoms with Crippen molar-refractivity contribution < 1.29 is 22.8 Å². The van der Waals surface area contributed by atoms with Gasteiger partial charge in [-0.15, -0.1) is 13.2 Å². The number of nitrogens with two attached hydrogens (primary N) is 2. The lowest BCUT2D eigenvalue weighted by Crippen LogP contribution is -2.32. The number of nitro benzene ring substituents is 1. The third kappa shape index (κ3) is 4.12. The maximum Gasteiger partial charge on any atom is 0.573 e. The van der Waals surface area contributed by atoms with Crippen molar-refractivity contribution in [2.45, 2.75) is 12.4 Å². The standard InChI is InChI=1S/C16H9BrF3N9O3/c17-7-1-5(2-8(29(30)31)12(7)32-16(18,19)20)11-9-10(23)6(3-21)13(24)27-14(9)28-15(26-11)25-4-22/h1-2,11H,(H6,23,24,25,26,27,28). The van der Waals surface area contributed by atoms with Crippen LogP contribution in [-0.4, -0.2) is 22.2 Å². The van der Waals surface area contributed by atoms with Gasteiger partial charge in [0.1, 0.15) is 29.3 Å². The van der Waals surface area contributed by atoms with Crippen molar-refractivity contribution in [1.29, 1.82) is 10.5 Å². The lowest BCUT2D eigenvalue weighted by atomic mass is 9.94. The molecule has 1 atom stereocenters. The number of hydrogen-bond acceptors (Lipinski definition) is 11. The maximum atomic E-state index is 12.7. The molecule has 2 heterocycles. The third-order valence-corrected chi connectivity index (χ3v) is 4.72. The molecule has 0 amide bonds. The number of nitrogen functional groups attached to an aromatic ring is 2. The van der Waals surface area contributed by atoms with Gasteiger partial charge in [-0.25, -0.2) is 9.98 Å². The van der Waals surface area contributed by atoms with Gasteiger partial charge in [0.15, 0.2) is 6.19 Å². The number of anilines is 3. The van der Waals surface area contributed by atoms with Gasteiger partial charge in [-0.3, -0.25) is 15.4 Å². The van der Waals surface area contributed by atoms with Gasteiger partial charge in [0.05, 0.1) is 15.1 Å². The first kappa shape index (κ1) is 22.4. The molecule has 1 aromatic carbocycles. The first-order chi connectivity index (χ1) is 15.0. The SMILES string of the molecule is N#CNC1=NC(c2cc(Br)c(OC(F)(F)F)c([N+](=O)[O-])c2)c2c(nc(N)c(C#N)c2N)N1. The highest BCUT2D eigenvalue weighted by Crippen LogP contribution is 2.45. The zero-order valence-electron chi connectivity index (χ0n) is 15.4. The van der Waals surface area contributed by atoms with Crippen LogP contribution in [0.5, 0.6) is 5.75 Å². The van der Waals surface area contributed by atoms with Crippen LogP contribution in [0.4, 0.5) is 36.2 Å². The number of halogens is 4. The molecule has 1 aliphatic heterocycles. The molecule has 32 heavy (non-hydrogen) atoms. The van der Waals surface area contributed by atoms with Gasteiger partial charge in [0.25, 0.3) is 0 Å². The molecule has 3 rings (SSSR count). The average Bonchev–Trinajstić information content (AvgIpc) is 2.68. The summed E-state index contributed by atoms with van der Waals surface area (Å²) >= 11 is 2.85. The Morgan fingerprint density at radius 2 is 2.03 bits per heavy atom. The van der Waals surface area contributed by atoms with Gasteiger partial charge in [0, 0.05) is 11.6 Å². The molecule has 0 fully saturated rings. The van der Waals surface area contributed by atoms with Crippen LogP contribution < -0.4 is 26.8 Å². The van der Waals surface area contributed by atoms with E-state index in [9.17, 15) is 28.5 Å². The Morgan fingerprint density at radius 3 is 2.59 bits per heavy atom. The van der Waals surface area contributed by atoms with E-state index in [-0.39, 0.29) is 40.0 Å². The number of aromatic nitrogens is 1. The van der Waals surface area contributed by atoms with Crippen LogP contribution in [0.15, 0.2) is 21.6 Å². The summed E-state index contributed by atoms with van der Waals surface area (Å²) in [5, 5.41) is 34.5. The van der Waals surface area contributed by atoms with Crippen molar-refractivity contribution in [2.75, 3.05) is 16.8 Å². The van der Waals surface area contributed by atoms with Crippen molar-refractivity contribution >= 4 is 44.9 Å². The number of pyridine rings is 1. The van der Waals surface area contributed by atoms with Crippen LogP contribution in [0.2, 0.25) is 0 Å². The van der Waals surface area contributed by atoms with Crippen LogP contribution >= 0.6 is 15.9 Å². The summed E-state index contributed by atoms with van der Waals surface area (Å²) in [6.45, 7) is 0. The van der Waals surface area contributed by atoms with Crippen molar-refractivity contribution in [3.8, 4) is 18.0 Å². The number of fused-ring (bicyclic) bond motifs is 1. The van der Waals surface area contributed by atoms with Gasteiger partial charge in [-0.1, -0.05) is 0 Å². The van der Waals surface area contributed by atoms with E-state index in [4.69, 9.17) is 16.7 Å². The fraction of sp³-hybridized carbons (Fsp3) is 0.125. The number of hydrogen-bond donors (Lipinski definition) is 4. The Hall–Kier alpha value is -4.31. The number of nitrogens with zero attached hydrogens (tertiary/aromatic N) is 5. The minimum absolute atomic E-state index is 0.00820. The topological polar surface area (TPSA) is 201 Å². The summed E-state index contributed by atoms with van der Waals surface area (Å²) in [4.78, 5) is 18.6. The van der Waals surface area contributed by atoms with Crippen molar-refractivity contribution in [3.05, 3.63) is 43.4 Å². The molecule has 12 nitrogen and oxygen atoms in total. The predicted molar refractivity (Wildman–Crippen MR) is 107 cm³/mol. The molecule has 164 valence electrons. The zero-order chi connectivity index (χ0) is 23.8. The quantitative estimate of drug-likeness (QED) is 0.205. The second-order valence-corrected chi connectivity index (χ2v) is 6.91. The van der Waals surface area contributed by atoms with Gasteiger partial charge < -0.3 is 21.5 Å². The number of alkyl halides is 3. The summed E-state index contributed by atoms with van der Waals surface area (Å²) in [6, 6.07) is 2.47. The minimum Gasteiger partial charge on any atom is -0.397 e. The Morgan fingerprint density at radius 1 is 1.34 bits per heavy atom. The van der Waals surface area contributed by atoms with E-state index in [1.54, 1.807) is 12.3 Å². The second-order valence-electron chi connectivity index (χ2n) is 6.06. The van der Waals surface area contributed by atoms with Crippen molar-refractivity contribution in [3.63, 3.8) is 0 Å². The fourth-order valence-electron chi connectivity index (χ4n) is 2.93. The molecule has 0 bridgehead atoms. The monoisotopic (exact) mass is 511 g/mol. The Balaban J connectivity index is 2.28. The third-order valence-electron chi connectivity index (χ3n) is 4.13. The molecule has 1 aromatic heterocycles. The fourth-order valence-corrected chi connectivity index (χ4v) is 3.48. The Kier molecular flexibility index (Phi) is 5.65. The van der Waals surface area contributed by atoms with Gasteiger partial charge >= 0.3 is 12.0 Å². The van der Waals surface area contributed by atoms with Crippen LogP contribution in [0.3, 0.4) is 0 Å². The molecule has 0 radical (unpaired) electrons. The molecule has 1 aliphatic rings. The summed E-state index contributed by atoms with van der Waals surface area (Å²) in [5.74, 6) is -1.45. The Labute approximate surface area is 184 Å². The first-order valence-corrected chi connectivity index (χ1v) is 8.98. The lowest BCUT2D eigenvalue weighted by Gasteiger charge is -2.26. The van der Waals surface area contributed by atoms with E-state index in [0.29, 0.717) is 0 Å². The first-order valence-electron chi connectivity index (χ1n) is 8.19. The molecule has 6 N–H and O–H groups in total. The lowest BCUT2D eigenvalue weighted by molar-refractivity contribution is -0.388. The zero-order valence-corrected chi connectivity index (χ0v) is 16.9. The smallest absolute Gasteiger partial charge is 0.397 e. The number of nitriles is 2. The Bertz CT molecular complexity index is 1250. The van der Waals surface area contributed by atoms with Crippen molar-refractivity contribution in [1.82, 2.24) is 10.3 Å². The molecular weight excluding hydrogens is 503 g/mol. The van der Waals surface area contributed by atoms with Gasteiger partial charge in [-0.05, 0) is 27.6 Å². The molecule has 2 aromatic rings. The van der Waals surface area contributed by atoms with E-state index in [1.165, 1.54) is 0 Å². The largest absolute Gasteiger partial charge is 0.573 e. The number of aliphatic imine (C=N–C) groups is 1. The maximum absolute atomic E-state index is 12.7. The highest BCUT2D eigenvalue weighted by Gasteiger charge is 2.37. The average molecular weight is 512 g/mol. The number of ether oxygens (including phenoxy) is 1. The highest BCUT2D eigenvalue weighted by atomic mass is 79.9. The minimum atomic E-state index is -5.19. The van der Waals surface area contributed by atoms with Crippen LogP contribution in [0, 0.1) is 32.9 Å². The normalized spacial score (nSPS) is 14.8. The summed E-state index contributed by atoms with van der Waals surface area (Å²) < 4.78 is 41.6. The molecule has 0 spiro atoms. The summed E-state index contributed by atoms with van der Waals surface area (Å²) in [6.07, 6.45) is -3.57. The predicted octanol–water partition coefficient (Wildman–Crippen LogP) is 2.63. The molecule has 1 unspecified atom stereocenters. The molecule has 0 saturated heterocycles. The van der Waals surface area contributed by atoms with Crippen LogP contribution in [0.25, 0.3) is 0 Å². The number of nitro groups is 1. The number of nitrogens with one attached hydrogen (secondary N) is 2. The summed E-state index contributed by atoms with van der Waals surface area (Å²) in [5.41, 5.74) is 10.5. The van der Waals surface area contributed by atoms with Crippen LogP contribution in [0.1, 0.15) is 22.7 Å².